The van der Waals surface area contributed by atoms with Gasteiger partial charge in [-0.05, 0) is 68.0 Å². The van der Waals surface area contributed by atoms with Crippen molar-refractivity contribution in [3.8, 4) is 0 Å². The molecule has 0 radical (unpaired) electrons. The van der Waals surface area contributed by atoms with Crippen molar-refractivity contribution in [2.75, 3.05) is 5.73 Å². The van der Waals surface area contributed by atoms with Gasteiger partial charge in [0.25, 0.3) is 0 Å². The first-order valence-electron chi connectivity index (χ1n) is 6.33. The lowest BCUT2D eigenvalue weighted by Crippen LogP contribution is -1.99. The van der Waals surface area contributed by atoms with E-state index in [-0.39, 0.29) is 0 Å². The van der Waals surface area contributed by atoms with Gasteiger partial charge in [0, 0.05) is 6.20 Å². The van der Waals surface area contributed by atoms with Crippen molar-refractivity contribution in [1.29, 1.82) is 0 Å². The second-order valence-corrected chi connectivity index (χ2v) is 4.97. The lowest BCUT2D eigenvalue weighted by Gasteiger charge is -2.11. The van der Waals surface area contributed by atoms with Crippen molar-refractivity contribution >= 4 is 5.82 Å². The first-order chi connectivity index (χ1) is 8.56. The Morgan fingerprint density at radius 3 is 2.28 bits per heavy atom. The average molecular weight is 240 g/mol. The summed E-state index contributed by atoms with van der Waals surface area (Å²) in [7, 11) is 0. The summed E-state index contributed by atoms with van der Waals surface area (Å²) >= 11 is 0. The maximum absolute atomic E-state index is 5.70. The van der Waals surface area contributed by atoms with E-state index in [1.807, 2.05) is 12.1 Å². The fourth-order valence-electron chi connectivity index (χ4n) is 2.52. The van der Waals surface area contributed by atoms with Gasteiger partial charge in [-0.25, -0.2) is 4.98 Å². The zero-order chi connectivity index (χ0) is 13.1. The van der Waals surface area contributed by atoms with Crippen LogP contribution in [-0.4, -0.2) is 4.98 Å². The predicted molar refractivity (Wildman–Crippen MR) is 76.7 cm³/mol. The number of hydrogen-bond acceptors (Lipinski definition) is 2. The Kier molecular flexibility index (Phi) is 3.66. The highest BCUT2D eigenvalue weighted by Crippen LogP contribution is 2.18. The summed E-state index contributed by atoms with van der Waals surface area (Å²) in [6.45, 7) is 6.53. The van der Waals surface area contributed by atoms with E-state index in [0.29, 0.717) is 5.82 Å². The number of nitrogens with zero attached hydrogens (tertiary/aromatic N) is 1. The molecule has 0 aliphatic heterocycles. The summed E-state index contributed by atoms with van der Waals surface area (Å²) < 4.78 is 0. The molecule has 0 bridgehead atoms. The quantitative estimate of drug-likeness (QED) is 0.893. The summed E-state index contributed by atoms with van der Waals surface area (Å²) in [4.78, 5) is 4.02. The van der Waals surface area contributed by atoms with Crippen LogP contribution in [0.5, 0.6) is 0 Å². The number of anilines is 1. The Labute approximate surface area is 109 Å². The molecule has 2 heteroatoms. The van der Waals surface area contributed by atoms with Gasteiger partial charge in [-0.3, -0.25) is 0 Å². The van der Waals surface area contributed by atoms with Crippen LogP contribution in [-0.2, 0) is 12.8 Å². The number of nitrogens with two attached hydrogens (primary N) is 1. The third-order valence-corrected chi connectivity index (χ3v) is 3.35. The molecule has 0 saturated heterocycles. The van der Waals surface area contributed by atoms with E-state index in [2.05, 4.69) is 37.9 Å². The van der Waals surface area contributed by atoms with Crippen LogP contribution < -0.4 is 5.73 Å². The molecule has 1 aromatic carbocycles. The molecule has 2 rings (SSSR count). The van der Waals surface area contributed by atoms with Crippen molar-refractivity contribution in [2.24, 2.45) is 0 Å². The first-order valence-corrected chi connectivity index (χ1v) is 6.33. The Balaban J connectivity index is 2.16. The van der Waals surface area contributed by atoms with Crippen molar-refractivity contribution in [1.82, 2.24) is 4.98 Å². The van der Waals surface area contributed by atoms with Crippen LogP contribution >= 0.6 is 0 Å². The molecule has 1 heterocycles. The van der Waals surface area contributed by atoms with Gasteiger partial charge in [0.2, 0.25) is 0 Å². The third-order valence-electron chi connectivity index (χ3n) is 3.35. The van der Waals surface area contributed by atoms with Gasteiger partial charge in [0.15, 0.2) is 0 Å². The topological polar surface area (TPSA) is 38.9 Å². The fourth-order valence-corrected chi connectivity index (χ4v) is 2.52. The SMILES string of the molecule is Cc1cc(C)c(CCc2ccnc(N)c2)c(C)c1. The highest BCUT2D eigenvalue weighted by atomic mass is 14.8. The van der Waals surface area contributed by atoms with Crippen molar-refractivity contribution in [3.05, 3.63) is 58.3 Å². The molecule has 94 valence electrons. The molecule has 0 fully saturated rings. The van der Waals surface area contributed by atoms with Crippen LogP contribution in [0.2, 0.25) is 0 Å². The zero-order valence-electron chi connectivity index (χ0n) is 11.3. The van der Waals surface area contributed by atoms with Crippen LogP contribution in [0.3, 0.4) is 0 Å². The molecule has 2 aromatic rings. The molecule has 1 aromatic heterocycles. The van der Waals surface area contributed by atoms with Crippen LogP contribution in [0.25, 0.3) is 0 Å². The third kappa shape index (κ3) is 2.89. The van der Waals surface area contributed by atoms with Crippen LogP contribution in [0, 0.1) is 20.8 Å². The summed E-state index contributed by atoms with van der Waals surface area (Å²) in [5.41, 5.74) is 12.5. The zero-order valence-corrected chi connectivity index (χ0v) is 11.3. The summed E-state index contributed by atoms with van der Waals surface area (Å²) in [5.74, 6) is 0.602. The van der Waals surface area contributed by atoms with Gasteiger partial charge in [-0.15, -0.1) is 0 Å². The summed E-state index contributed by atoms with van der Waals surface area (Å²) in [6, 6.07) is 8.50. The van der Waals surface area contributed by atoms with E-state index in [1.165, 1.54) is 27.8 Å². The molecule has 2 nitrogen and oxygen atoms in total. The molecule has 0 unspecified atom stereocenters. The van der Waals surface area contributed by atoms with Gasteiger partial charge in [-0.1, -0.05) is 17.7 Å². The second kappa shape index (κ2) is 5.21. The minimum absolute atomic E-state index is 0.602. The fraction of sp³-hybridized carbons (Fsp3) is 0.312. The monoisotopic (exact) mass is 240 g/mol. The maximum atomic E-state index is 5.70. The maximum Gasteiger partial charge on any atom is 0.123 e. The van der Waals surface area contributed by atoms with E-state index in [4.69, 9.17) is 5.73 Å². The van der Waals surface area contributed by atoms with Gasteiger partial charge in [0.1, 0.15) is 5.82 Å². The standard InChI is InChI=1S/C16H20N2/c1-11-8-12(2)15(13(3)9-11)5-4-14-6-7-18-16(17)10-14/h6-10H,4-5H2,1-3H3,(H2,17,18). The molecule has 0 amide bonds. The van der Waals surface area contributed by atoms with Crippen LogP contribution in [0.1, 0.15) is 27.8 Å². The van der Waals surface area contributed by atoms with E-state index >= 15 is 0 Å². The summed E-state index contributed by atoms with van der Waals surface area (Å²) in [5, 5.41) is 0. The van der Waals surface area contributed by atoms with E-state index < -0.39 is 0 Å². The Morgan fingerprint density at radius 2 is 1.67 bits per heavy atom. The smallest absolute Gasteiger partial charge is 0.123 e. The van der Waals surface area contributed by atoms with E-state index in [0.717, 1.165) is 12.8 Å². The van der Waals surface area contributed by atoms with Crippen LogP contribution in [0.15, 0.2) is 30.5 Å². The Bertz CT molecular complexity index is 536. The lowest BCUT2D eigenvalue weighted by atomic mass is 9.95. The number of hydrogen-bond donors (Lipinski definition) is 1. The van der Waals surface area contributed by atoms with Crippen LogP contribution in [0.4, 0.5) is 5.82 Å². The van der Waals surface area contributed by atoms with Gasteiger partial charge in [0.05, 0.1) is 0 Å². The number of aryl methyl sites for hydroxylation is 4. The number of nitrogen functional groups attached to an aromatic ring is 1. The van der Waals surface area contributed by atoms with Gasteiger partial charge in [-0.2, -0.15) is 0 Å². The highest BCUT2D eigenvalue weighted by Gasteiger charge is 2.04. The number of benzene rings is 1. The molecular weight excluding hydrogens is 220 g/mol. The van der Waals surface area contributed by atoms with Crippen molar-refractivity contribution in [2.45, 2.75) is 33.6 Å². The molecule has 0 saturated carbocycles. The van der Waals surface area contributed by atoms with E-state index in [1.54, 1.807) is 6.20 Å². The molecular formula is C16H20N2. The number of aromatic nitrogens is 1. The largest absolute Gasteiger partial charge is 0.384 e. The second-order valence-electron chi connectivity index (χ2n) is 4.97. The van der Waals surface area contributed by atoms with Crippen molar-refractivity contribution < 1.29 is 0 Å². The minimum Gasteiger partial charge on any atom is -0.384 e. The molecule has 18 heavy (non-hydrogen) atoms. The van der Waals surface area contributed by atoms with E-state index in [9.17, 15) is 0 Å². The predicted octanol–water partition coefficient (Wildman–Crippen LogP) is 3.37. The molecule has 2 N–H and O–H groups in total. The molecule has 0 aliphatic rings. The molecule has 0 aliphatic carbocycles. The Morgan fingerprint density at radius 1 is 1.00 bits per heavy atom. The minimum atomic E-state index is 0.602. The average Bonchev–Trinajstić information content (AvgIpc) is 2.27. The Hall–Kier alpha value is -1.83. The molecule has 0 atom stereocenters. The summed E-state index contributed by atoms with van der Waals surface area (Å²) in [6.07, 6.45) is 3.85. The van der Waals surface area contributed by atoms with Gasteiger partial charge >= 0.3 is 0 Å². The number of rotatable bonds is 3. The first kappa shape index (κ1) is 12.6. The van der Waals surface area contributed by atoms with Gasteiger partial charge < -0.3 is 5.73 Å². The number of pyridine rings is 1. The lowest BCUT2D eigenvalue weighted by molar-refractivity contribution is 0.933. The van der Waals surface area contributed by atoms with Crippen molar-refractivity contribution in [3.63, 3.8) is 0 Å². The molecule has 0 spiro atoms. The normalized spacial score (nSPS) is 10.6. The highest BCUT2D eigenvalue weighted by molar-refractivity contribution is 5.39.